The van der Waals surface area contributed by atoms with Gasteiger partial charge in [-0.1, -0.05) is 97.1 Å². The maximum Gasteiger partial charge on any atom is 0.159 e. The summed E-state index contributed by atoms with van der Waals surface area (Å²) in [5.74, 6) is 0. The van der Waals surface area contributed by atoms with Crippen LogP contribution in [0.2, 0.25) is 0 Å². The van der Waals surface area contributed by atoms with Crippen LogP contribution in [0.1, 0.15) is 0 Å². The quantitative estimate of drug-likeness (QED) is 0.163. The first-order chi connectivity index (χ1) is 25.8. The summed E-state index contributed by atoms with van der Waals surface area (Å²) in [6, 6.07) is 47.5. The number of benzene rings is 8. The molecule has 0 bridgehead atoms. The molecule has 0 radical (unpaired) electrons. The highest BCUT2D eigenvalue weighted by molar-refractivity contribution is 6.12. The predicted octanol–water partition coefficient (Wildman–Crippen LogP) is 10.6. The largest absolute Gasteiger partial charge is 0.303 e. The van der Waals surface area contributed by atoms with Crippen molar-refractivity contribution in [2.75, 3.05) is 4.90 Å². The molecule has 0 saturated heterocycles. The van der Waals surface area contributed by atoms with Crippen molar-refractivity contribution >= 4 is 82.5 Å². The third kappa shape index (κ3) is 4.18. The van der Waals surface area contributed by atoms with Gasteiger partial charge in [0, 0.05) is 11.1 Å². The lowest BCUT2D eigenvalue weighted by atomic mass is 9.95. The normalized spacial score (nSPS) is 11.8. The number of nitrogens with zero attached hydrogens (tertiary/aromatic N) is 7. The summed E-state index contributed by atoms with van der Waals surface area (Å²) < 4.78 is 16.2. The minimum Gasteiger partial charge on any atom is -0.303 e. The van der Waals surface area contributed by atoms with Crippen LogP contribution in [0.3, 0.4) is 0 Å². The van der Waals surface area contributed by atoms with Crippen LogP contribution < -0.4 is 4.90 Å². The minimum atomic E-state index is 0.548. The molecule has 0 unspecified atom stereocenters. The van der Waals surface area contributed by atoms with Crippen molar-refractivity contribution in [1.82, 2.24) is 30.9 Å². The number of fused-ring (bicyclic) bond motifs is 7. The van der Waals surface area contributed by atoms with Crippen LogP contribution >= 0.6 is 0 Å². The molecule has 244 valence electrons. The van der Waals surface area contributed by atoms with Crippen LogP contribution in [-0.2, 0) is 0 Å². The first kappa shape index (κ1) is 28.4. The Bertz CT molecular complexity index is 3180. The van der Waals surface area contributed by atoms with Gasteiger partial charge in [-0.3, -0.25) is 0 Å². The zero-order chi connectivity index (χ0) is 34.2. The number of hydrogen-bond acceptors (Lipinski definition) is 10. The van der Waals surface area contributed by atoms with Gasteiger partial charge in [0.1, 0.15) is 16.6 Å². The van der Waals surface area contributed by atoms with E-state index in [1.807, 2.05) is 65.6 Å². The van der Waals surface area contributed by atoms with E-state index in [0.717, 1.165) is 43.8 Å². The first-order valence-electron chi connectivity index (χ1n) is 16.7. The van der Waals surface area contributed by atoms with Gasteiger partial charge < -0.3 is 4.90 Å². The summed E-state index contributed by atoms with van der Waals surface area (Å²) in [7, 11) is 0. The zero-order valence-corrected chi connectivity index (χ0v) is 27.1. The number of anilines is 3. The monoisotopic (exact) mass is 673 g/mol. The fourth-order valence-electron chi connectivity index (χ4n) is 7.51. The van der Waals surface area contributed by atoms with E-state index in [4.69, 9.17) is 13.9 Å². The molecule has 0 N–H and O–H groups in total. The fourth-order valence-corrected chi connectivity index (χ4v) is 7.51. The van der Waals surface area contributed by atoms with Crippen molar-refractivity contribution in [3.8, 4) is 22.3 Å². The molecule has 11 aromatic rings. The van der Waals surface area contributed by atoms with Crippen molar-refractivity contribution in [3.63, 3.8) is 0 Å². The van der Waals surface area contributed by atoms with Crippen LogP contribution in [0, 0.1) is 0 Å². The van der Waals surface area contributed by atoms with Crippen molar-refractivity contribution in [2.45, 2.75) is 0 Å². The van der Waals surface area contributed by atoms with Gasteiger partial charge in [-0.05, 0) is 117 Å². The molecule has 10 heteroatoms. The SMILES string of the molecule is c1ccc2c(-c3ccc(N(c4cccc5nonc45)c4ccc(-c5ccc6ccc7ccccc7c6c5)c5nonc45)c4nonc34)cccc2c1. The molecule has 10 nitrogen and oxygen atoms in total. The molecule has 3 aromatic heterocycles. The van der Waals surface area contributed by atoms with Gasteiger partial charge in [-0.15, -0.1) is 0 Å². The summed E-state index contributed by atoms with van der Waals surface area (Å²) in [6.07, 6.45) is 0. The molecule has 0 saturated carbocycles. The molecule has 0 fully saturated rings. The molecule has 0 aliphatic carbocycles. The second kappa shape index (κ2) is 11.0. The Kier molecular flexibility index (Phi) is 6.02. The van der Waals surface area contributed by atoms with Gasteiger partial charge in [0.15, 0.2) is 16.6 Å². The molecular formula is C42H23N7O3. The molecule has 52 heavy (non-hydrogen) atoms. The van der Waals surface area contributed by atoms with Crippen molar-refractivity contribution in [1.29, 1.82) is 0 Å². The average molecular weight is 674 g/mol. The van der Waals surface area contributed by atoms with E-state index in [1.54, 1.807) is 0 Å². The lowest BCUT2D eigenvalue weighted by molar-refractivity contribution is 0.315. The van der Waals surface area contributed by atoms with Gasteiger partial charge in [0.25, 0.3) is 0 Å². The number of hydrogen-bond donors (Lipinski definition) is 0. The molecule has 0 spiro atoms. The van der Waals surface area contributed by atoms with Crippen LogP contribution in [0.15, 0.2) is 153 Å². The van der Waals surface area contributed by atoms with Crippen LogP contribution in [0.5, 0.6) is 0 Å². The lowest BCUT2D eigenvalue weighted by Gasteiger charge is -2.25. The highest BCUT2D eigenvalue weighted by atomic mass is 16.6. The topological polar surface area (TPSA) is 120 Å². The summed E-state index contributed by atoms with van der Waals surface area (Å²) in [5.41, 5.74) is 9.32. The first-order valence-corrected chi connectivity index (χ1v) is 16.7. The summed E-state index contributed by atoms with van der Waals surface area (Å²) in [5, 5.41) is 33.2. The highest BCUT2D eigenvalue weighted by Crippen LogP contribution is 2.46. The second-order valence-corrected chi connectivity index (χ2v) is 12.7. The maximum atomic E-state index is 5.49. The Labute approximate surface area is 293 Å². The van der Waals surface area contributed by atoms with E-state index in [0.29, 0.717) is 50.2 Å². The van der Waals surface area contributed by atoms with Gasteiger partial charge >= 0.3 is 0 Å². The Morgan fingerprint density at radius 1 is 0.346 bits per heavy atom. The highest BCUT2D eigenvalue weighted by Gasteiger charge is 2.27. The van der Waals surface area contributed by atoms with Gasteiger partial charge in [0.2, 0.25) is 0 Å². The Hall–Kier alpha value is -7.46. The molecule has 11 rings (SSSR count). The standard InChI is InChI=1S/C42H23N7O3/c1-3-10-28-24(7-1)9-5-12-31(28)32-20-22-37(42-39(32)45-52-48-42)49(35-14-6-13-34-40(35)46-50-43-34)36-21-19-30(38-41(36)47-51-44-38)27-18-17-26-16-15-25-8-2-4-11-29(25)33(26)23-27/h1-23H. The van der Waals surface area contributed by atoms with E-state index in [2.05, 4.69) is 110 Å². The average Bonchev–Trinajstić information content (AvgIpc) is 4.00. The lowest BCUT2D eigenvalue weighted by Crippen LogP contribution is -2.12. The molecule has 0 aliphatic rings. The molecule has 0 atom stereocenters. The van der Waals surface area contributed by atoms with E-state index in [-0.39, 0.29) is 0 Å². The Balaban J connectivity index is 1.14. The van der Waals surface area contributed by atoms with Crippen LogP contribution in [0.25, 0.3) is 87.7 Å². The Morgan fingerprint density at radius 2 is 0.904 bits per heavy atom. The van der Waals surface area contributed by atoms with Gasteiger partial charge in [-0.25, -0.2) is 13.9 Å². The third-order valence-electron chi connectivity index (χ3n) is 9.91. The molecule has 8 aromatic carbocycles. The summed E-state index contributed by atoms with van der Waals surface area (Å²) in [6.45, 7) is 0. The van der Waals surface area contributed by atoms with Crippen LogP contribution in [0.4, 0.5) is 17.1 Å². The smallest absolute Gasteiger partial charge is 0.159 e. The predicted molar refractivity (Wildman–Crippen MR) is 201 cm³/mol. The second-order valence-electron chi connectivity index (χ2n) is 12.7. The van der Waals surface area contributed by atoms with E-state index >= 15 is 0 Å². The van der Waals surface area contributed by atoms with Crippen LogP contribution in [-0.4, -0.2) is 30.9 Å². The van der Waals surface area contributed by atoms with Gasteiger partial charge in [0.05, 0.1) is 17.1 Å². The van der Waals surface area contributed by atoms with Crippen molar-refractivity contribution in [3.05, 3.63) is 140 Å². The number of rotatable bonds is 5. The fraction of sp³-hybridized carbons (Fsp3) is 0. The summed E-state index contributed by atoms with van der Waals surface area (Å²) >= 11 is 0. The molecular weight excluding hydrogens is 651 g/mol. The van der Waals surface area contributed by atoms with E-state index < -0.39 is 0 Å². The van der Waals surface area contributed by atoms with E-state index in [9.17, 15) is 0 Å². The van der Waals surface area contributed by atoms with E-state index in [1.165, 1.54) is 10.8 Å². The number of aromatic nitrogens is 6. The Morgan fingerprint density at radius 3 is 1.71 bits per heavy atom. The van der Waals surface area contributed by atoms with Gasteiger partial charge in [-0.2, -0.15) is 0 Å². The zero-order valence-electron chi connectivity index (χ0n) is 27.1. The molecule has 0 aliphatic heterocycles. The van der Waals surface area contributed by atoms with Crippen molar-refractivity contribution < 1.29 is 13.9 Å². The van der Waals surface area contributed by atoms with Crippen molar-refractivity contribution in [2.24, 2.45) is 0 Å². The summed E-state index contributed by atoms with van der Waals surface area (Å²) in [4.78, 5) is 2.01. The maximum absolute atomic E-state index is 5.49. The molecule has 0 amide bonds. The molecule has 3 heterocycles. The third-order valence-corrected chi connectivity index (χ3v) is 9.91. The minimum absolute atomic E-state index is 0.548.